The van der Waals surface area contributed by atoms with Crippen LogP contribution in [0.5, 0.6) is 0 Å². The Bertz CT molecular complexity index is 894. The number of amides is 4. The van der Waals surface area contributed by atoms with Crippen LogP contribution in [0.25, 0.3) is 0 Å². The van der Waals surface area contributed by atoms with E-state index in [1.807, 2.05) is 0 Å². The van der Waals surface area contributed by atoms with Crippen LogP contribution in [-0.4, -0.2) is 65.8 Å². The van der Waals surface area contributed by atoms with Gasteiger partial charge in [0.25, 0.3) is 5.91 Å². The Kier molecular flexibility index (Phi) is 7.36. The number of carbonyl (C=O) groups excluding carboxylic acids is 4. The summed E-state index contributed by atoms with van der Waals surface area (Å²) in [7, 11) is -4.97. The molecule has 1 fully saturated rings. The van der Waals surface area contributed by atoms with Crippen molar-refractivity contribution >= 4 is 45.9 Å². The van der Waals surface area contributed by atoms with Gasteiger partial charge in [-0.25, -0.2) is 13.9 Å². The van der Waals surface area contributed by atoms with Crippen LogP contribution in [-0.2, 0) is 36.0 Å². The van der Waals surface area contributed by atoms with Gasteiger partial charge < -0.3 is 14.8 Å². The molecule has 3 N–H and O–H groups in total. The Morgan fingerprint density at radius 1 is 1.14 bits per heavy atom. The summed E-state index contributed by atoms with van der Waals surface area (Å²) in [5.74, 6) is -2.55. The predicted octanol–water partition coefficient (Wildman–Crippen LogP) is -0.213. The van der Waals surface area contributed by atoms with E-state index in [1.54, 1.807) is 35.6 Å². The molecule has 4 amide bonds. The maximum absolute atomic E-state index is 12.0. The average Bonchev–Trinajstić information content (AvgIpc) is 2.66. The molecule has 1 aliphatic heterocycles. The third kappa shape index (κ3) is 6.04. The minimum Gasteiger partial charge on any atom is -0.447 e. The Labute approximate surface area is 170 Å². The second-order valence-corrected chi connectivity index (χ2v) is 7.20. The van der Waals surface area contributed by atoms with Gasteiger partial charge in [-0.3, -0.25) is 19.5 Å². The number of β-lactam (4-membered cyclic amide) rings is 1. The monoisotopic (exact) mass is 449 g/mol. The van der Waals surface area contributed by atoms with Crippen molar-refractivity contribution in [2.45, 2.75) is 18.7 Å². The van der Waals surface area contributed by atoms with Crippen molar-refractivity contribution in [1.82, 2.24) is 14.9 Å². The lowest BCUT2D eigenvalue weighted by molar-refractivity contribution is -0.144. The third-order valence-corrected chi connectivity index (χ3v) is 4.84. The summed E-state index contributed by atoms with van der Waals surface area (Å²) in [6, 6.07) is 5.71. The molecule has 1 aromatic carbocycles. The molecule has 0 unspecified atom stereocenters. The van der Waals surface area contributed by atoms with Gasteiger partial charge in [-0.2, -0.15) is 8.42 Å². The summed E-state index contributed by atoms with van der Waals surface area (Å²) in [5.41, 5.74) is 0.669. The van der Waals surface area contributed by atoms with Crippen LogP contribution in [0.2, 0.25) is 0 Å². The van der Waals surface area contributed by atoms with Gasteiger partial charge in [-0.15, -0.1) is 11.6 Å². The number of nitrogens with one attached hydrogen (secondary N) is 2. The fourth-order valence-electron chi connectivity index (χ4n) is 2.36. The van der Waals surface area contributed by atoms with Crippen molar-refractivity contribution in [2.75, 3.05) is 12.5 Å². The first-order chi connectivity index (χ1) is 13.6. The lowest BCUT2D eigenvalue weighted by Crippen LogP contribution is -2.73. The van der Waals surface area contributed by atoms with E-state index in [-0.39, 0.29) is 10.9 Å². The molecule has 1 saturated heterocycles. The van der Waals surface area contributed by atoms with Crippen molar-refractivity contribution in [3.8, 4) is 0 Å². The zero-order chi connectivity index (χ0) is 21.6. The Hall–Kier alpha value is -2.90. The first kappa shape index (κ1) is 22.4. The first-order valence-corrected chi connectivity index (χ1v) is 9.87. The normalized spacial score (nSPS) is 18.4. The summed E-state index contributed by atoms with van der Waals surface area (Å²) in [6.07, 6.45) is -2.29. The van der Waals surface area contributed by atoms with Gasteiger partial charge in [0.2, 0.25) is 5.91 Å². The van der Waals surface area contributed by atoms with E-state index in [1.165, 1.54) is 0 Å². The lowest BCUT2D eigenvalue weighted by Gasteiger charge is -2.43. The Balaban J connectivity index is 1.96. The zero-order valence-corrected chi connectivity index (χ0v) is 16.2. The van der Waals surface area contributed by atoms with E-state index in [4.69, 9.17) is 20.9 Å². The molecular formula is C15H16ClN3O9S. The zero-order valence-electron chi connectivity index (χ0n) is 14.6. The summed E-state index contributed by atoms with van der Waals surface area (Å²) in [4.78, 5) is 46.3. The molecule has 14 heteroatoms. The lowest BCUT2D eigenvalue weighted by atomic mass is 10.00. The molecule has 1 aromatic rings. The smallest absolute Gasteiger partial charge is 0.413 e. The number of hydrogen-bond acceptors (Lipinski definition) is 8. The number of hydrogen-bond donors (Lipinski definition) is 3. The summed E-state index contributed by atoms with van der Waals surface area (Å²) in [6.45, 7) is -0.865. The number of benzene rings is 1. The van der Waals surface area contributed by atoms with E-state index >= 15 is 0 Å². The van der Waals surface area contributed by atoms with Gasteiger partial charge >= 0.3 is 22.5 Å². The molecule has 0 saturated carbocycles. The van der Waals surface area contributed by atoms with Gasteiger partial charge in [0, 0.05) is 0 Å². The Morgan fingerprint density at radius 3 is 2.38 bits per heavy atom. The van der Waals surface area contributed by atoms with Gasteiger partial charge in [0.1, 0.15) is 31.2 Å². The van der Waals surface area contributed by atoms with Crippen LogP contribution in [0.1, 0.15) is 5.56 Å². The van der Waals surface area contributed by atoms with Gasteiger partial charge in [0.05, 0.1) is 0 Å². The molecule has 0 bridgehead atoms. The number of imide groups is 1. The van der Waals surface area contributed by atoms with E-state index in [9.17, 15) is 27.6 Å². The van der Waals surface area contributed by atoms with Crippen LogP contribution < -0.4 is 10.6 Å². The number of alkyl carbamates (subject to hydrolysis) is 2. The van der Waals surface area contributed by atoms with E-state index in [0.717, 1.165) is 0 Å². The average molecular weight is 450 g/mol. The van der Waals surface area contributed by atoms with Crippen molar-refractivity contribution in [3.63, 3.8) is 0 Å². The maximum atomic E-state index is 12.0. The molecule has 29 heavy (non-hydrogen) atoms. The van der Waals surface area contributed by atoms with Crippen molar-refractivity contribution < 1.29 is 41.6 Å². The van der Waals surface area contributed by atoms with E-state index < -0.39 is 58.9 Å². The van der Waals surface area contributed by atoms with Gasteiger partial charge in [-0.05, 0) is 5.56 Å². The number of alkyl halides is 1. The number of nitrogens with zero attached hydrogens (tertiary/aromatic N) is 1. The van der Waals surface area contributed by atoms with Crippen molar-refractivity contribution in [1.29, 1.82) is 0 Å². The number of carbonyl (C=O) groups is 4. The van der Waals surface area contributed by atoms with Gasteiger partial charge in [-0.1, -0.05) is 30.3 Å². The van der Waals surface area contributed by atoms with Crippen molar-refractivity contribution in [3.05, 3.63) is 35.9 Å². The molecule has 1 aliphatic rings. The minimum absolute atomic E-state index is 0.0335. The molecule has 2 rings (SSSR count). The van der Waals surface area contributed by atoms with Gasteiger partial charge in [0.15, 0.2) is 0 Å². The summed E-state index contributed by atoms with van der Waals surface area (Å²) in [5, 5.41) is 3.87. The quantitative estimate of drug-likeness (QED) is 0.289. The van der Waals surface area contributed by atoms with E-state index in [2.05, 4.69) is 10.1 Å². The number of rotatable bonds is 7. The maximum Gasteiger partial charge on any atom is 0.413 e. The molecule has 2 atom stereocenters. The molecule has 1 heterocycles. The highest BCUT2D eigenvalue weighted by Crippen LogP contribution is 2.24. The number of ether oxygens (including phenoxy) is 2. The minimum atomic E-state index is -4.97. The van der Waals surface area contributed by atoms with Crippen LogP contribution in [0.3, 0.4) is 0 Å². The highest BCUT2D eigenvalue weighted by Gasteiger charge is 2.54. The Morgan fingerprint density at radius 2 is 1.79 bits per heavy atom. The largest absolute Gasteiger partial charge is 0.447 e. The molecule has 158 valence electrons. The highest BCUT2D eigenvalue weighted by atomic mass is 35.5. The molecular weight excluding hydrogens is 434 g/mol. The second kappa shape index (κ2) is 9.54. The molecule has 0 aliphatic carbocycles. The van der Waals surface area contributed by atoms with E-state index in [0.29, 0.717) is 5.56 Å². The SMILES string of the molecule is O=C(CCl)NC(=O)OC[C@@H]1[C@H](NC(=O)OCc2ccccc2)C(=O)N1S(=O)(=O)O. The molecule has 0 spiro atoms. The van der Waals surface area contributed by atoms with Crippen molar-refractivity contribution in [2.24, 2.45) is 0 Å². The summed E-state index contributed by atoms with van der Waals surface area (Å²) < 4.78 is 41.4. The third-order valence-electron chi connectivity index (χ3n) is 3.65. The molecule has 12 nitrogen and oxygen atoms in total. The topological polar surface area (TPSA) is 168 Å². The molecule has 0 aromatic heterocycles. The standard InChI is InChI=1S/C15H16ClN3O9S/c16-6-11(20)17-14(22)28-8-10-12(13(21)19(10)29(24,25)26)18-15(23)27-7-9-4-2-1-3-5-9/h1-5,10,12H,6-8H2,(H,18,23)(H,17,20,22)(H,24,25,26)/t10-,12+/m1/s1. The van der Waals surface area contributed by atoms with Crippen LogP contribution in [0.15, 0.2) is 30.3 Å². The van der Waals surface area contributed by atoms with Crippen LogP contribution in [0.4, 0.5) is 9.59 Å². The number of halogens is 1. The predicted molar refractivity (Wildman–Crippen MR) is 95.9 cm³/mol. The molecule has 0 radical (unpaired) electrons. The highest BCUT2D eigenvalue weighted by molar-refractivity contribution is 7.84. The fourth-order valence-corrected chi connectivity index (χ4v) is 3.29. The second-order valence-electron chi connectivity index (χ2n) is 5.64. The van der Waals surface area contributed by atoms with Crippen LogP contribution in [0, 0.1) is 0 Å². The summed E-state index contributed by atoms with van der Waals surface area (Å²) >= 11 is 5.21. The fraction of sp³-hybridized carbons (Fsp3) is 0.333. The first-order valence-electron chi connectivity index (χ1n) is 7.94. The van der Waals surface area contributed by atoms with Crippen LogP contribution >= 0.6 is 11.6 Å².